The van der Waals surface area contributed by atoms with E-state index < -0.39 is 23.7 Å². The number of halogens is 1. The maximum absolute atomic E-state index is 13.9. The Bertz CT molecular complexity index is 855. The SMILES string of the molecule is O=CCOCC#Cc1cc(F)cc2c1CN(C1CCC(=O)NC1=O)C2=O. The Hall–Kier alpha value is -3.05. The number of benzene rings is 1. The fraction of sp³-hybridized carbons (Fsp3) is 0.333. The summed E-state index contributed by atoms with van der Waals surface area (Å²) in [5.41, 5.74) is 1.02. The molecule has 1 fully saturated rings. The molecule has 7 nitrogen and oxygen atoms in total. The van der Waals surface area contributed by atoms with Crippen LogP contribution < -0.4 is 5.32 Å². The predicted octanol–water partition coefficient (Wildman–Crippen LogP) is 0.154. The van der Waals surface area contributed by atoms with Gasteiger partial charge < -0.3 is 14.4 Å². The Labute approximate surface area is 148 Å². The van der Waals surface area contributed by atoms with Crippen LogP contribution in [0.2, 0.25) is 0 Å². The molecule has 2 aliphatic heterocycles. The Morgan fingerprint density at radius 2 is 2.15 bits per heavy atom. The lowest BCUT2D eigenvalue weighted by Crippen LogP contribution is -2.52. The molecule has 1 N–H and O–H groups in total. The number of rotatable bonds is 4. The van der Waals surface area contributed by atoms with E-state index >= 15 is 0 Å². The number of nitrogens with one attached hydrogen (secondary N) is 1. The Morgan fingerprint density at radius 1 is 1.35 bits per heavy atom. The molecule has 1 aromatic rings. The third-order valence-corrected chi connectivity index (χ3v) is 4.20. The minimum atomic E-state index is -0.771. The van der Waals surface area contributed by atoms with Crippen LogP contribution in [-0.4, -0.2) is 48.2 Å². The number of hydrogen-bond donors (Lipinski definition) is 1. The number of imide groups is 1. The highest BCUT2D eigenvalue weighted by Crippen LogP contribution is 2.30. The minimum Gasteiger partial charge on any atom is -0.361 e. The molecule has 0 spiro atoms. The van der Waals surface area contributed by atoms with Crippen LogP contribution in [0.25, 0.3) is 0 Å². The van der Waals surface area contributed by atoms with E-state index in [0.717, 1.165) is 6.07 Å². The quantitative estimate of drug-likeness (QED) is 0.358. The molecule has 0 radical (unpaired) electrons. The largest absolute Gasteiger partial charge is 0.361 e. The molecule has 3 amide bonds. The van der Waals surface area contributed by atoms with Crippen LogP contribution in [0.5, 0.6) is 0 Å². The number of piperidine rings is 1. The standard InChI is InChI=1S/C18H15FN2O5/c19-12-8-11(2-1-6-26-7-5-22)14-10-21(18(25)13(14)9-12)15-3-4-16(23)20-17(15)24/h5,8-9,15H,3-4,6-7,10H2,(H,20,23,24). The molecule has 0 saturated carbocycles. The summed E-state index contributed by atoms with van der Waals surface area (Å²) in [6.45, 7) is 0.0203. The summed E-state index contributed by atoms with van der Waals surface area (Å²) < 4.78 is 18.8. The van der Waals surface area contributed by atoms with Crippen LogP contribution >= 0.6 is 0 Å². The Kier molecular flexibility index (Phi) is 5.09. The molecule has 0 bridgehead atoms. The highest BCUT2D eigenvalue weighted by molar-refractivity contribution is 6.05. The van der Waals surface area contributed by atoms with Crippen molar-refractivity contribution < 1.29 is 28.3 Å². The Morgan fingerprint density at radius 3 is 2.88 bits per heavy atom. The summed E-state index contributed by atoms with van der Waals surface area (Å²) in [5, 5.41) is 2.21. The van der Waals surface area contributed by atoms with Gasteiger partial charge in [0.25, 0.3) is 5.91 Å². The first-order valence-corrected chi connectivity index (χ1v) is 7.98. The lowest BCUT2D eigenvalue weighted by atomic mass is 10.0. The number of aldehydes is 1. The highest BCUT2D eigenvalue weighted by Gasteiger charge is 2.40. The third kappa shape index (κ3) is 3.48. The maximum Gasteiger partial charge on any atom is 0.255 e. The van der Waals surface area contributed by atoms with Crippen molar-refractivity contribution in [2.45, 2.75) is 25.4 Å². The van der Waals surface area contributed by atoms with E-state index in [4.69, 9.17) is 4.74 Å². The van der Waals surface area contributed by atoms with E-state index in [0.29, 0.717) is 17.4 Å². The second kappa shape index (κ2) is 7.45. The van der Waals surface area contributed by atoms with Gasteiger partial charge in [0.2, 0.25) is 11.8 Å². The molecular weight excluding hydrogens is 343 g/mol. The zero-order valence-corrected chi connectivity index (χ0v) is 13.7. The second-order valence-electron chi connectivity index (χ2n) is 5.86. The van der Waals surface area contributed by atoms with Crippen molar-refractivity contribution in [2.24, 2.45) is 0 Å². The van der Waals surface area contributed by atoms with Gasteiger partial charge in [-0.3, -0.25) is 19.7 Å². The summed E-state index contributed by atoms with van der Waals surface area (Å²) in [4.78, 5) is 47.5. The first-order chi connectivity index (χ1) is 12.5. The van der Waals surface area contributed by atoms with Gasteiger partial charge in [-0.05, 0) is 18.6 Å². The van der Waals surface area contributed by atoms with E-state index in [9.17, 15) is 23.6 Å². The number of amides is 3. The molecular formula is C18H15FN2O5. The summed E-state index contributed by atoms with van der Waals surface area (Å²) in [6, 6.07) is 1.57. The number of hydrogen-bond acceptors (Lipinski definition) is 5. The summed E-state index contributed by atoms with van der Waals surface area (Å²) in [5.74, 6) is 3.43. The second-order valence-corrected chi connectivity index (χ2v) is 5.86. The molecule has 0 aliphatic carbocycles. The van der Waals surface area contributed by atoms with Crippen molar-refractivity contribution in [2.75, 3.05) is 13.2 Å². The maximum atomic E-state index is 13.9. The van der Waals surface area contributed by atoms with Gasteiger partial charge in [0.05, 0.1) is 0 Å². The Balaban J connectivity index is 1.84. The molecule has 1 unspecified atom stereocenters. The monoisotopic (exact) mass is 358 g/mol. The molecule has 1 atom stereocenters. The van der Waals surface area contributed by atoms with Crippen LogP contribution in [0, 0.1) is 17.7 Å². The van der Waals surface area contributed by atoms with Crippen molar-refractivity contribution in [1.82, 2.24) is 10.2 Å². The van der Waals surface area contributed by atoms with Gasteiger partial charge in [-0.15, -0.1) is 0 Å². The van der Waals surface area contributed by atoms with Crippen molar-refractivity contribution in [1.29, 1.82) is 0 Å². The molecule has 26 heavy (non-hydrogen) atoms. The van der Waals surface area contributed by atoms with E-state index in [-0.39, 0.29) is 44.1 Å². The summed E-state index contributed by atoms with van der Waals surface area (Å²) in [6.07, 6.45) is 0.969. The number of ether oxygens (including phenoxy) is 1. The average Bonchev–Trinajstić information content (AvgIpc) is 2.92. The third-order valence-electron chi connectivity index (χ3n) is 4.20. The smallest absolute Gasteiger partial charge is 0.255 e. The molecule has 0 aromatic heterocycles. The van der Waals surface area contributed by atoms with E-state index in [1.807, 2.05) is 0 Å². The predicted molar refractivity (Wildman–Crippen MR) is 86.2 cm³/mol. The van der Waals surface area contributed by atoms with Crippen molar-refractivity contribution >= 4 is 24.0 Å². The summed E-state index contributed by atoms with van der Waals surface area (Å²) >= 11 is 0. The molecule has 1 saturated heterocycles. The van der Waals surface area contributed by atoms with Crippen LogP contribution in [0.3, 0.4) is 0 Å². The number of carbonyl (C=O) groups excluding carboxylic acids is 4. The van der Waals surface area contributed by atoms with Crippen molar-refractivity contribution in [3.05, 3.63) is 34.6 Å². The van der Waals surface area contributed by atoms with E-state index in [2.05, 4.69) is 17.2 Å². The first-order valence-electron chi connectivity index (χ1n) is 7.98. The molecule has 8 heteroatoms. The fourth-order valence-corrected chi connectivity index (χ4v) is 3.03. The number of carbonyl (C=O) groups is 4. The van der Waals surface area contributed by atoms with Gasteiger partial charge in [0.1, 0.15) is 31.4 Å². The molecule has 3 rings (SSSR count). The van der Waals surface area contributed by atoms with Gasteiger partial charge in [-0.2, -0.15) is 0 Å². The zero-order chi connectivity index (χ0) is 18.7. The molecule has 134 valence electrons. The van der Waals surface area contributed by atoms with Gasteiger partial charge in [0.15, 0.2) is 0 Å². The van der Waals surface area contributed by atoms with Crippen LogP contribution in [-0.2, 0) is 25.7 Å². The lowest BCUT2D eigenvalue weighted by Gasteiger charge is -2.29. The van der Waals surface area contributed by atoms with Crippen LogP contribution in [0.1, 0.15) is 34.3 Å². The molecule has 2 aliphatic rings. The molecule has 2 heterocycles. The summed E-state index contributed by atoms with van der Waals surface area (Å²) in [7, 11) is 0. The van der Waals surface area contributed by atoms with Gasteiger partial charge in [0, 0.05) is 29.7 Å². The van der Waals surface area contributed by atoms with Crippen molar-refractivity contribution in [3.8, 4) is 11.8 Å². The zero-order valence-electron chi connectivity index (χ0n) is 13.7. The first kappa shape index (κ1) is 17.8. The van der Waals surface area contributed by atoms with E-state index in [1.165, 1.54) is 11.0 Å². The minimum absolute atomic E-state index is 0.00513. The van der Waals surface area contributed by atoms with E-state index in [1.54, 1.807) is 0 Å². The molecule has 1 aromatic carbocycles. The number of nitrogens with zero attached hydrogens (tertiary/aromatic N) is 1. The van der Waals surface area contributed by atoms with Gasteiger partial charge >= 0.3 is 0 Å². The fourth-order valence-electron chi connectivity index (χ4n) is 3.03. The van der Waals surface area contributed by atoms with Crippen molar-refractivity contribution in [3.63, 3.8) is 0 Å². The normalized spacial score (nSPS) is 18.9. The van der Waals surface area contributed by atoms with Crippen LogP contribution in [0.4, 0.5) is 4.39 Å². The van der Waals surface area contributed by atoms with Crippen LogP contribution in [0.15, 0.2) is 12.1 Å². The topological polar surface area (TPSA) is 92.8 Å². The van der Waals surface area contributed by atoms with Gasteiger partial charge in [-0.25, -0.2) is 4.39 Å². The lowest BCUT2D eigenvalue weighted by molar-refractivity contribution is -0.136. The van der Waals surface area contributed by atoms with Gasteiger partial charge in [-0.1, -0.05) is 11.8 Å². The highest BCUT2D eigenvalue weighted by atomic mass is 19.1. The average molecular weight is 358 g/mol. The number of fused-ring (bicyclic) bond motifs is 1.